The molecule has 1 aliphatic heterocycles. The van der Waals surface area contributed by atoms with Crippen molar-refractivity contribution in [2.75, 3.05) is 19.7 Å². The highest BCUT2D eigenvalue weighted by Crippen LogP contribution is 2.24. The van der Waals surface area contributed by atoms with E-state index in [-0.39, 0.29) is 18.2 Å². The van der Waals surface area contributed by atoms with Gasteiger partial charge in [0.25, 0.3) is 11.8 Å². The van der Waals surface area contributed by atoms with E-state index >= 15 is 0 Å². The first-order valence-corrected chi connectivity index (χ1v) is 10.7. The number of rotatable bonds is 6. The zero-order valence-electron chi connectivity index (χ0n) is 18.5. The van der Waals surface area contributed by atoms with Crippen molar-refractivity contribution < 1.29 is 19.8 Å². The number of β-amino-alcohol motifs (C(OH)–C–C–N with tert-alkyl or cyclic N) is 1. The van der Waals surface area contributed by atoms with E-state index < -0.39 is 18.1 Å². The van der Waals surface area contributed by atoms with Gasteiger partial charge in [0.1, 0.15) is 5.69 Å². The smallest absolute Gasteiger partial charge is 0.270 e. The Morgan fingerprint density at radius 1 is 1.21 bits per heavy atom. The van der Waals surface area contributed by atoms with Crippen LogP contribution in [0.3, 0.4) is 0 Å². The molecule has 2 atom stereocenters. The second-order valence-electron chi connectivity index (χ2n) is 8.19. The lowest BCUT2D eigenvalue weighted by Gasteiger charge is -2.16. The van der Waals surface area contributed by atoms with Crippen LogP contribution in [0.15, 0.2) is 42.7 Å². The zero-order chi connectivity index (χ0) is 23.5. The van der Waals surface area contributed by atoms with E-state index in [4.69, 9.17) is 0 Å². The van der Waals surface area contributed by atoms with E-state index in [0.29, 0.717) is 47.7 Å². The van der Waals surface area contributed by atoms with Crippen molar-refractivity contribution in [1.29, 1.82) is 0 Å². The summed E-state index contributed by atoms with van der Waals surface area (Å²) < 4.78 is 1.62. The van der Waals surface area contributed by atoms with Gasteiger partial charge in [0.15, 0.2) is 5.82 Å². The highest BCUT2D eigenvalue weighted by atomic mass is 16.3. The van der Waals surface area contributed by atoms with Gasteiger partial charge in [0, 0.05) is 43.5 Å². The van der Waals surface area contributed by atoms with Gasteiger partial charge in [0.2, 0.25) is 0 Å². The fourth-order valence-electron chi connectivity index (χ4n) is 3.61. The Labute approximate surface area is 190 Å². The molecule has 10 heteroatoms. The quantitative estimate of drug-likeness (QED) is 0.507. The number of aliphatic hydroxyl groups is 2. The lowest BCUT2D eigenvalue weighted by Crippen LogP contribution is -2.35. The van der Waals surface area contributed by atoms with Gasteiger partial charge in [0.05, 0.1) is 30.2 Å². The number of carbonyl (C=O) groups excluding carboxylic acids is 2. The Hall–Kier alpha value is -3.63. The Bertz CT molecular complexity index is 1160. The van der Waals surface area contributed by atoms with Crippen LogP contribution in [-0.2, 0) is 7.05 Å². The van der Waals surface area contributed by atoms with Crippen molar-refractivity contribution in [3.63, 3.8) is 0 Å². The number of aryl methyl sites for hydroxylation is 1. The van der Waals surface area contributed by atoms with Crippen molar-refractivity contribution in [3.05, 3.63) is 54.0 Å². The number of hydrogen-bond donors (Lipinski definition) is 3. The zero-order valence-corrected chi connectivity index (χ0v) is 18.5. The van der Waals surface area contributed by atoms with E-state index in [1.54, 1.807) is 66.3 Å². The normalized spacial score (nSPS) is 16.6. The molecule has 0 spiro atoms. The Balaban J connectivity index is 1.66. The molecule has 3 N–H and O–H groups in total. The van der Waals surface area contributed by atoms with Crippen LogP contribution in [0.4, 0.5) is 0 Å². The number of carbonyl (C=O) groups is 2. The Morgan fingerprint density at radius 3 is 2.58 bits per heavy atom. The van der Waals surface area contributed by atoms with Gasteiger partial charge in [-0.05, 0) is 31.5 Å². The van der Waals surface area contributed by atoms with Gasteiger partial charge in [-0.3, -0.25) is 14.3 Å². The molecule has 2 amide bonds. The van der Waals surface area contributed by atoms with E-state index in [1.165, 1.54) is 0 Å². The molecule has 4 rings (SSSR count). The summed E-state index contributed by atoms with van der Waals surface area (Å²) in [5, 5.41) is 25.8. The monoisotopic (exact) mass is 450 g/mol. The molecule has 1 aromatic carbocycles. The third-order valence-corrected chi connectivity index (χ3v) is 5.45. The maximum atomic E-state index is 12.7. The summed E-state index contributed by atoms with van der Waals surface area (Å²) in [6, 6.07) is 8.11. The molecule has 0 radical (unpaired) electrons. The predicted octanol–water partition coefficient (Wildman–Crippen LogP) is 0.861. The fourth-order valence-corrected chi connectivity index (χ4v) is 3.61. The molecule has 1 fully saturated rings. The molecule has 3 aromatic rings. The predicted molar refractivity (Wildman–Crippen MR) is 120 cm³/mol. The van der Waals surface area contributed by atoms with Gasteiger partial charge in [-0.1, -0.05) is 12.1 Å². The summed E-state index contributed by atoms with van der Waals surface area (Å²) in [6.45, 7) is 2.37. The average molecular weight is 450 g/mol. The first-order valence-electron chi connectivity index (χ1n) is 10.7. The number of nitrogens with one attached hydrogen (secondary N) is 1. The van der Waals surface area contributed by atoms with E-state index in [0.717, 1.165) is 0 Å². The summed E-state index contributed by atoms with van der Waals surface area (Å²) in [6.07, 6.45) is 3.48. The minimum absolute atomic E-state index is 0.130. The number of hydrogen-bond acceptors (Lipinski definition) is 7. The van der Waals surface area contributed by atoms with Crippen LogP contribution in [0.25, 0.3) is 22.6 Å². The van der Waals surface area contributed by atoms with Crippen molar-refractivity contribution >= 4 is 11.8 Å². The molecule has 0 aliphatic carbocycles. The number of likely N-dealkylation sites (tertiary alicyclic amines) is 1. The SMILES string of the molecule is C[C@@H](CO)NC(=O)c1cc(-c2ccc(C(=O)N3CCC(O)C3)cc2)nc(-c2cnn(C)c2)n1. The third kappa shape index (κ3) is 5.07. The lowest BCUT2D eigenvalue weighted by atomic mass is 10.1. The van der Waals surface area contributed by atoms with Gasteiger partial charge in [-0.2, -0.15) is 5.10 Å². The third-order valence-electron chi connectivity index (χ3n) is 5.45. The van der Waals surface area contributed by atoms with Crippen molar-refractivity contribution in [1.82, 2.24) is 30.0 Å². The fraction of sp³-hybridized carbons (Fsp3) is 0.348. The van der Waals surface area contributed by atoms with E-state index in [9.17, 15) is 19.8 Å². The molecule has 1 unspecified atom stereocenters. The van der Waals surface area contributed by atoms with Crippen LogP contribution in [0, 0.1) is 0 Å². The van der Waals surface area contributed by atoms with E-state index in [2.05, 4.69) is 20.4 Å². The van der Waals surface area contributed by atoms with E-state index in [1.807, 2.05) is 0 Å². The van der Waals surface area contributed by atoms with Crippen LogP contribution in [-0.4, -0.2) is 78.5 Å². The maximum Gasteiger partial charge on any atom is 0.270 e. The molecule has 10 nitrogen and oxygen atoms in total. The van der Waals surface area contributed by atoms with Crippen LogP contribution >= 0.6 is 0 Å². The van der Waals surface area contributed by atoms with Gasteiger partial charge in [-0.25, -0.2) is 9.97 Å². The standard InChI is InChI=1S/C23H26N6O4/c1-14(13-30)25-22(32)20-9-19(26-21(27-20)17-10-24-28(2)11-17)15-3-5-16(6-4-15)23(33)29-8-7-18(31)12-29/h3-6,9-11,14,18,30-31H,7-8,12-13H2,1-2H3,(H,25,32)/t14-,18?/m0/s1. The van der Waals surface area contributed by atoms with Crippen molar-refractivity contribution in [2.24, 2.45) is 7.05 Å². The molecule has 1 aliphatic rings. The van der Waals surface area contributed by atoms with Gasteiger partial charge in [-0.15, -0.1) is 0 Å². The Kier molecular flexibility index (Phi) is 6.47. The number of amides is 2. The first-order chi connectivity index (χ1) is 15.8. The van der Waals surface area contributed by atoms with Crippen LogP contribution in [0.2, 0.25) is 0 Å². The molecule has 1 saturated heterocycles. The molecule has 172 valence electrons. The number of nitrogens with zero attached hydrogens (tertiary/aromatic N) is 5. The summed E-state index contributed by atoms with van der Waals surface area (Å²) in [7, 11) is 1.78. The first kappa shape index (κ1) is 22.6. The number of benzene rings is 1. The van der Waals surface area contributed by atoms with Crippen molar-refractivity contribution in [3.8, 4) is 22.6 Å². The Morgan fingerprint density at radius 2 is 1.97 bits per heavy atom. The second-order valence-corrected chi connectivity index (χ2v) is 8.19. The highest BCUT2D eigenvalue weighted by Gasteiger charge is 2.25. The molecular weight excluding hydrogens is 424 g/mol. The largest absolute Gasteiger partial charge is 0.394 e. The highest BCUT2D eigenvalue weighted by molar-refractivity contribution is 5.95. The summed E-state index contributed by atoms with van der Waals surface area (Å²) in [4.78, 5) is 36.0. The molecular formula is C23H26N6O4. The molecule has 0 bridgehead atoms. The average Bonchev–Trinajstić information content (AvgIpc) is 3.46. The summed E-state index contributed by atoms with van der Waals surface area (Å²) in [5.41, 5.74) is 2.56. The molecule has 2 aromatic heterocycles. The van der Waals surface area contributed by atoms with Crippen LogP contribution in [0.1, 0.15) is 34.2 Å². The molecule has 3 heterocycles. The number of aliphatic hydroxyl groups excluding tert-OH is 2. The summed E-state index contributed by atoms with van der Waals surface area (Å²) >= 11 is 0. The maximum absolute atomic E-state index is 12.7. The van der Waals surface area contributed by atoms with Crippen LogP contribution in [0.5, 0.6) is 0 Å². The minimum Gasteiger partial charge on any atom is -0.394 e. The topological polar surface area (TPSA) is 133 Å². The second kappa shape index (κ2) is 9.47. The van der Waals surface area contributed by atoms with Gasteiger partial charge >= 0.3 is 0 Å². The lowest BCUT2D eigenvalue weighted by molar-refractivity contribution is 0.0764. The molecule has 0 saturated carbocycles. The van der Waals surface area contributed by atoms with Crippen LogP contribution < -0.4 is 5.32 Å². The molecule has 33 heavy (non-hydrogen) atoms. The number of aromatic nitrogens is 4. The van der Waals surface area contributed by atoms with Gasteiger partial charge < -0.3 is 20.4 Å². The summed E-state index contributed by atoms with van der Waals surface area (Å²) in [5.74, 6) is -0.215. The minimum atomic E-state index is -0.474. The van der Waals surface area contributed by atoms with Crippen molar-refractivity contribution in [2.45, 2.75) is 25.5 Å².